The Morgan fingerprint density at radius 2 is 2.12 bits per heavy atom. The van der Waals surface area contributed by atoms with E-state index in [1.807, 2.05) is 30.3 Å². The highest BCUT2D eigenvalue weighted by atomic mass is 16.5. The molecule has 4 nitrogen and oxygen atoms in total. The fraction of sp³-hybridized carbons (Fsp3) is 0.417. The summed E-state index contributed by atoms with van der Waals surface area (Å²) in [6.07, 6.45) is 0. The minimum absolute atomic E-state index is 0.0837. The molecule has 0 aliphatic rings. The lowest BCUT2D eigenvalue weighted by Gasteiger charge is -2.13. The van der Waals surface area contributed by atoms with Gasteiger partial charge in [0.1, 0.15) is 11.8 Å². The van der Waals surface area contributed by atoms with E-state index in [-0.39, 0.29) is 12.6 Å². The van der Waals surface area contributed by atoms with Gasteiger partial charge in [-0.3, -0.25) is 0 Å². The van der Waals surface area contributed by atoms with Gasteiger partial charge >= 0.3 is 0 Å². The standard InChI is InChI=1S/C12H17N3O/c1-10(15-8-6-13)11-2-4-12(5-3-11)16-9-7-14/h2-5,10,15H,6,8-9,13H2,1H3. The topological polar surface area (TPSA) is 71.1 Å². The van der Waals surface area contributed by atoms with Crippen molar-refractivity contribution in [2.45, 2.75) is 13.0 Å². The predicted octanol–water partition coefficient (Wildman–Crippen LogP) is 1.20. The van der Waals surface area contributed by atoms with Gasteiger partial charge in [0, 0.05) is 19.1 Å². The molecule has 1 aromatic rings. The van der Waals surface area contributed by atoms with Gasteiger partial charge in [-0.2, -0.15) is 5.26 Å². The third kappa shape index (κ3) is 3.89. The first kappa shape index (κ1) is 12.5. The number of nitrogens with one attached hydrogen (secondary N) is 1. The predicted molar refractivity (Wildman–Crippen MR) is 63.0 cm³/mol. The average molecular weight is 219 g/mol. The molecule has 1 aromatic carbocycles. The Balaban J connectivity index is 2.53. The van der Waals surface area contributed by atoms with Crippen LogP contribution in [0.3, 0.4) is 0 Å². The lowest BCUT2D eigenvalue weighted by molar-refractivity contribution is 0.368. The summed E-state index contributed by atoms with van der Waals surface area (Å²) < 4.78 is 5.17. The molecular formula is C12H17N3O. The first-order chi connectivity index (χ1) is 7.77. The monoisotopic (exact) mass is 219 g/mol. The minimum atomic E-state index is 0.0837. The van der Waals surface area contributed by atoms with Crippen LogP contribution in [0.25, 0.3) is 0 Å². The molecule has 0 saturated heterocycles. The molecule has 0 spiro atoms. The van der Waals surface area contributed by atoms with Crippen molar-refractivity contribution < 1.29 is 4.74 Å². The summed E-state index contributed by atoms with van der Waals surface area (Å²) in [7, 11) is 0. The van der Waals surface area contributed by atoms with Crippen LogP contribution in [0, 0.1) is 11.3 Å². The number of hydrogen-bond acceptors (Lipinski definition) is 4. The van der Waals surface area contributed by atoms with Crippen LogP contribution < -0.4 is 15.8 Å². The number of nitriles is 1. The molecule has 1 atom stereocenters. The molecule has 0 aliphatic heterocycles. The number of nitrogens with two attached hydrogens (primary N) is 1. The summed E-state index contributed by atoms with van der Waals surface area (Å²) in [5.41, 5.74) is 6.60. The first-order valence-corrected chi connectivity index (χ1v) is 5.31. The molecule has 0 heterocycles. The van der Waals surface area contributed by atoms with Crippen molar-refractivity contribution in [3.8, 4) is 11.8 Å². The van der Waals surface area contributed by atoms with Crippen molar-refractivity contribution in [1.29, 1.82) is 5.26 Å². The summed E-state index contributed by atoms with van der Waals surface area (Å²) >= 11 is 0. The maximum absolute atomic E-state index is 8.37. The fourth-order valence-corrected chi connectivity index (χ4v) is 1.39. The molecule has 86 valence electrons. The summed E-state index contributed by atoms with van der Waals surface area (Å²) in [5.74, 6) is 0.719. The third-order valence-corrected chi connectivity index (χ3v) is 2.28. The van der Waals surface area contributed by atoms with Gasteiger partial charge in [0.15, 0.2) is 6.61 Å². The van der Waals surface area contributed by atoms with E-state index in [0.717, 1.165) is 12.3 Å². The van der Waals surface area contributed by atoms with Crippen molar-refractivity contribution in [3.05, 3.63) is 29.8 Å². The number of hydrogen-bond donors (Lipinski definition) is 2. The quantitative estimate of drug-likeness (QED) is 0.754. The van der Waals surface area contributed by atoms with Crippen molar-refractivity contribution in [2.24, 2.45) is 5.73 Å². The molecule has 1 unspecified atom stereocenters. The average Bonchev–Trinajstić information content (AvgIpc) is 2.34. The Hall–Kier alpha value is -1.57. The zero-order chi connectivity index (χ0) is 11.8. The van der Waals surface area contributed by atoms with Crippen LogP contribution in [0.5, 0.6) is 5.75 Å². The molecule has 3 N–H and O–H groups in total. The Kier molecular flexibility index (Phi) is 5.34. The molecule has 0 amide bonds. The molecule has 0 radical (unpaired) electrons. The number of ether oxygens (including phenoxy) is 1. The van der Waals surface area contributed by atoms with E-state index >= 15 is 0 Å². The van der Waals surface area contributed by atoms with E-state index in [1.165, 1.54) is 5.56 Å². The van der Waals surface area contributed by atoms with Gasteiger partial charge in [-0.25, -0.2) is 0 Å². The molecule has 0 bridgehead atoms. The Bertz CT molecular complexity index is 342. The van der Waals surface area contributed by atoms with Gasteiger partial charge in [0.05, 0.1) is 0 Å². The van der Waals surface area contributed by atoms with E-state index in [2.05, 4.69) is 12.2 Å². The van der Waals surface area contributed by atoms with E-state index in [1.54, 1.807) is 0 Å². The maximum atomic E-state index is 8.37. The second-order valence-corrected chi connectivity index (χ2v) is 3.48. The number of nitrogens with zero attached hydrogens (tertiary/aromatic N) is 1. The van der Waals surface area contributed by atoms with Crippen LogP contribution in [0.1, 0.15) is 18.5 Å². The summed E-state index contributed by atoms with van der Waals surface area (Å²) in [5, 5.41) is 11.7. The highest BCUT2D eigenvalue weighted by Crippen LogP contribution is 2.17. The summed E-state index contributed by atoms with van der Waals surface area (Å²) in [6, 6.07) is 9.92. The van der Waals surface area contributed by atoms with Crippen molar-refractivity contribution >= 4 is 0 Å². The van der Waals surface area contributed by atoms with Gasteiger partial charge in [-0.1, -0.05) is 12.1 Å². The Morgan fingerprint density at radius 1 is 1.44 bits per heavy atom. The van der Waals surface area contributed by atoms with Crippen LogP contribution in [0.15, 0.2) is 24.3 Å². The third-order valence-electron chi connectivity index (χ3n) is 2.28. The Labute approximate surface area is 96.0 Å². The van der Waals surface area contributed by atoms with Crippen molar-refractivity contribution in [2.75, 3.05) is 19.7 Å². The normalized spacial score (nSPS) is 11.8. The summed E-state index contributed by atoms with van der Waals surface area (Å²) in [4.78, 5) is 0. The lowest BCUT2D eigenvalue weighted by Crippen LogP contribution is -2.25. The van der Waals surface area contributed by atoms with Crippen LogP contribution in [0.2, 0.25) is 0 Å². The molecule has 16 heavy (non-hydrogen) atoms. The molecule has 1 rings (SSSR count). The fourth-order valence-electron chi connectivity index (χ4n) is 1.39. The van der Waals surface area contributed by atoms with Gasteiger partial charge in [0.2, 0.25) is 0 Å². The van der Waals surface area contributed by atoms with Crippen LogP contribution >= 0.6 is 0 Å². The van der Waals surface area contributed by atoms with E-state index in [0.29, 0.717) is 6.54 Å². The van der Waals surface area contributed by atoms with Crippen LogP contribution in [-0.4, -0.2) is 19.7 Å². The van der Waals surface area contributed by atoms with Gasteiger partial charge in [-0.05, 0) is 24.6 Å². The Morgan fingerprint density at radius 3 is 2.69 bits per heavy atom. The van der Waals surface area contributed by atoms with Gasteiger partial charge < -0.3 is 15.8 Å². The lowest BCUT2D eigenvalue weighted by atomic mass is 10.1. The number of rotatable bonds is 6. The highest BCUT2D eigenvalue weighted by Gasteiger charge is 2.03. The molecule has 0 fully saturated rings. The molecule has 0 aliphatic carbocycles. The zero-order valence-electron chi connectivity index (χ0n) is 9.44. The van der Waals surface area contributed by atoms with Crippen molar-refractivity contribution in [3.63, 3.8) is 0 Å². The largest absolute Gasteiger partial charge is 0.479 e. The highest BCUT2D eigenvalue weighted by molar-refractivity contribution is 5.29. The SMILES string of the molecule is CC(NCCN)c1ccc(OCC#N)cc1. The van der Waals surface area contributed by atoms with E-state index in [9.17, 15) is 0 Å². The molecule has 0 saturated carbocycles. The molecule has 0 aromatic heterocycles. The van der Waals surface area contributed by atoms with Gasteiger partial charge in [-0.15, -0.1) is 0 Å². The van der Waals surface area contributed by atoms with E-state index in [4.69, 9.17) is 15.7 Å². The van der Waals surface area contributed by atoms with E-state index < -0.39 is 0 Å². The van der Waals surface area contributed by atoms with Crippen molar-refractivity contribution in [1.82, 2.24) is 5.32 Å². The second kappa shape index (κ2) is 6.83. The van der Waals surface area contributed by atoms with Crippen LogP contribution in [-0.2, 0) is 0 Å². The molecular weight excluding hydrogens is 202 g/mol. The second-order valence-electron chi connectivity index (χ2n) is 3.48. The smallest absolute Gasteiger partial charge is 0.174 e. The zero-order valence-corrected chi connectivity index (χ0v) is 9.44. The van der Waals surface area contributed by atoms with Gasteiger partial charge in [0.25, 0.3) is 0 Å². The van der Waals surface area contributed by atoms with Crippen LogP contribution in [0.4, 0.5) is 0 Å². The first-order valence-electron chi connectivity index (χ1n) is 5.31. The molecule has 4 heteroatoms. The number of benzene rings is 1. The minimum Gasteiger partial charge on any atom is -0.479 e. The summed E-state index contributed by atoms with van der Waals surface area (Å²) in [6.45, 7) is 3.60. The maximum Gasteiger partial charge on any atom is 0.174 e.